The highest BCUT2D eigenvalue weighted by Gasteiger charge is 2.14. The second-order valence-corrected chi connectivity index (χ2v) is 5.75. The van der Waals surface area contributed by atoms with Crippen molar-refractivity contribution < 1.29 is 0 Å². The highest BCUT2D eigenvalue weighted by atomic mass is 35.5. The molecule has 0 N–H and O–H groups in total. The second-order valence-electron chi connectivity index (χ2n) is 5.37. The minimum Gasteiger partial charge on any atom is -0.306 e. The fourth-order valence-corrected chi connectivity index (χ4v) is 2.92. The maximum absolute atomic E-state index is 5.66. The van der Waals surface area contributed by atoms with Crippen molar-refractivity contribution >= 4 is 11.6 Å². The van der Waals surface area contributed by atoms with Crippen LogP contribution < -0.4 is 0 Å². The van der Waals surface area contributed by atoms with Gasteiger partial charge in [-0.2, -0.15) is 0 Å². The summed E-state index contributed by atoms with van der Waals surface area (Å²) in [6.45, 7) is 2.61. The Kier molecular flexibility index (Phi) is 8.32. The predicted octanol–water partition coefficient (Wildman–Crippen LogP) is 4.30. The van der Waals surface area contributed by atoms with Crippen LogP contribution in [0.15, 0.2) is 0 Å². The standard InChI is InChI=1S/C14H28ClN/c1-16(12-8-3-2-7-11-15)13-14-9-5-4-6-10-14/h14H,2-13H2,1H3. The molecule has 16 heavy (non-hydrogen) atoms. The molecule has 0 amide bonds. The third kappa shape index (κ3) is 6.75. The summed E-state index contributed by atoms with van der Waals surface area (Å²) in [6.07, 6.45) is 12.5. The molecule has 0 unspecified atom stereocenters. The molecule has 0 heterocycles. The molecule has 0 spiro atoms. The summed E-state index contributed by atoms with van der Waals surface area (Å²) in [5.74, 6) is 1.82. The predicted molar refractivity (Wildman–Crippen MR) is 73.3 cm³/mol. The number of alkyl halides is 1. The first-order chi connectivity index (χ1) is 7.83. The molecule has 1 saturated carbocycles. The van der Waals surface area contributed by atoms with Crippen molar-refractivity contribution in [2.75, 3.05) is 26.0 Å². The molecule has 1 nitrogen and oxygen atoms in total. The van der Waals surface area contributed by atoms with Gasteiger partial charge in [-0.3, -0.25) is 0 Å². The van der Waals surface area contributed by atoms with Gasteiger partial charge in [-0.05, 0) is 45.2 Å². The third-order valence-electron chi connectivity index (χ3n) is 3.72. The Bertz CT molecular complexity index is 155. The van der Waals surface area contributed by atoms with Crippen molar-refractivity contribution in [2.24, 2.45) is 5.92 Å². The van der Waals surface area contributed by atoms with Crippen LogP contribution >= 0.6 is 11.6 Å². The van der Waals surface area contributed by atoms with Crippen molar-refractivity contribution in [3.05, 3.63) is 0 Å². The maximum atomic E-state index is 5.66. The zero-order valence-corrected chi connectivity index (χ0v) is 11.6. The minimum absolute atomic E-state index is 0.831. The van der Waals surface area contributed by atoms with E-state index in [1.165, 1.54) is 70.9 Å². The summed E-state index contributed by atoms with van der Waals surface area (Å²) >= 11 is 5.66. The van der Waals surface area contributed by atoms with Gasteiger partial charge in [0.1, 0.15) is 0 Å². The van der Waals surface area contributed by atoms with Gasteiger partial charge in [-0.25, -0.2) is 0 Å². The highest BCUT2D eigenvalue weighted by molar-refractivity contribution is 6.17. The number of nitrogens with zero attached hydrogens (tertiary/aromatic N) is 1. The summed E-state index contributed by atoms with van der Waals surface area (Å²) in [7, 11) is 2.29. The average molecular weight is 246 g/mol. The molecule has 1 fully saturated rings. The number of halogens is 1. The third-order valence-corrected chi connectivity index (χ3v) is 3.99. The van der Waals surface area contributed by atoms with Crippen LogP contribution in [0, 0.1) is 5.92 Å². The second kappa shape index (κ2) is 9.30. The smallest absolute Gasteiger partial charge is 0.0223 e. The lowest BCUT2D eigenvalue weighted by atomic mass is 9.89. The van der Waals surface area contributed by atoms with E-state index in [4.69, 9.17) is 11.6 Å². The molecule has 1 aliphatic carbocycles. The zero-order valence-electron chi connectivity index (χ0n) is 10.9. The van der Waals surface area contributed by atoms with Crippen molar-refractivity contribution in [3.63, 3.8) is 0 Å². The molecule has 0 aromatic carbocycles. The van der Waals surface area contributed by atoms with Crippen LogP contribution in [0.1, 0.15) is 57.8 Å². The summed E-state index contributed by atoms with van der Waals surface area (Å²) in [5, 5.41) is 0. The molecule has 0 aliphatic heterocycles. The van der Waals surface area contributed by atoms with Crippen molar-refractivity contribution in [3.8, 4) is 0 Å². The van der Waals surface area contributed by atoms with Crippen LogP contribution in [-0.4, -0.2) is 30.9 Å². The largest absolute Gasteiger partial charge is 0.306 e. The van der Waals surface area contributed by atoms with Crippen LogP contribution in [0.2, 0.25) is 0 Å². The van der Waals surface area contributed by atoms with Gasteiger partial charge in [0.25, 0.3) is 0 Å². The van der Waals surface area contributed by atoms with E-state index in [-0.39, 0.29) is 0 Å². The van der Waals surface area contributed by atoms with E-state index in [1.807, 2.05) is 0 Å². The lowest BCUT2D eigenvalue weighted by molar-refractivity contribution is 0.230. The summed E-state index contributed by atoms with van der Waals surface area (Å²) < 4.78 is 0. The average Bonchev–Trinajstić information content (AvgIpc) is 2.30. The van der Waals surface area contributed by atoms with E-state index in [2.05, 4.69) is 11.9 Å². The Morgan fingerprint density at radius 3 is 2.38 bits per heavy atom. The lowest BCUT2D eigenvalue weighted by Gasteiger charge is -2.26. The van der Waals surface area contributed by atoms with Gasteiger partial charge < -0.3 is 4.90 Å². The maximum Gasteiger partial charge on any atom is 0.0223 e. The van der Waals surface area contributed by atoms with E-state index in [0.29, 0.717) is 0 Å². The monoisotopic (exact) mass is 245 g/mol. The van der Waals surface area contributed by atoms with Crippen LogP contribution in [0.3, 0.4) is 0 Å². The van der Waals surface area contributed by atoms with Gasteiger partial charge >= 0.3 is 0 Å². The first kappa shape index (κ1) is 14.3. The van der Waals surface area contributed by atoms with Crippen molar-refractivity contribution in [2.45, 2.75) is 57.8 Å². The van der Waals surface area contributed by atoms with Gasteiger partial charge in [0.05, 0.1) is 0 Å². The van der Waals surface area contributed by atoms with E-state index >= 15 is 0 Å². The minimum atomic E-state index is 0.831. The van der Waals surface area contributed by atoms with E-state index < -0.39 is 0 Å². The van der Waals surface area contributed by atoms with E-state index in [0.717, 1.165) is 11.8 Å². The first-order valence-corrected chi connectivity index (χ1v) is 7.61. The Morgan fingerprint density at radius 1 is 1.00 bits per heavy atom. The molecule has 0 atom stereocenters. The molecule has 1 rings (SSSR count). The Hall–Kier alpha value is 0.250. The number of hydrogen-bond acceptors (Lipinski definition) is 1. The normalized spacial score (nSPS) is 18.2. The van der Waals surface area contributed by atoms with Crippen LogP contribution in [0.4, 0.5) is 0 Å². The van der Waals surface area contributed by atoms with Gasteiger partial charge in [-0.1, -0.05) is 32.1 Å². The summed E-state index contributed by atoms with van der Waals surface area (Å²) in [4.78, 5) is 2.54. The lowest BCUT2D eigenvalue weighted by Crippen LogP contribution is -2.27. The zero-order chi connectivity index (χ0) is 11.6. The number of rotatable bonds is 8. The van der Waals surface area contributed by atoms with Crippen molar-refractivity contribution in [1.82, 2.24) is 4.90 Å². The molecule has 96 valence electrons. The highest BCUT2D eigenvalue weighted by Crippen LogP contribution is 2.24. The number of unbranched alkanes of at least 4 members (excludes halogenated alkanes) is 3. The molecule has 0 aromatic heterocycles. The Balaban J connectivity index is 1.95. The van der Waals surface area contributed by atoms with Gasteiger partial charge in [0, 0.05) is 12.4 Å². The van der Waals surface area contributed by atoms with E-state index in [9.17, 15) is 0 Å². The molecule has 0 aromatic rings. The topological polar surface area (TPSA) is 3.24 Å². The fraction of sp³-hybridized carbons (Fsp3) is 1.00. The molecular formula is C14H28ClN. The Morgan fingerprint density at radius 2 is 1.69 bits per heavy atom. The van der Waals surface area contributed by atoms with Crippen LogP contribution in [0.25, 0.3) is 0 Å². The van der Waals surface area contributed by atoms with Gasteiger partial charge in [0.2, 0.25) is 0 Å². The van der Waals surface area contributed by atoms with E-state index in [1.54, 1.807) is 0 Å². The fourth-order valence-electron chi connectivity index (χ4n) is 2.73. The molecule has 1 aliphatic rings. The van der Waals surface area contributed by atoms with Gasteiger partial charge in [0.15, 0.2) is 0 Å². The quantitative estimate of drug-likeness (QED) is 0.455. The van der Waals surface area contributed by atoms with Crippen LogP contribution in [0.5, 0.6) is 0 Å². The molecule has 0 bridgehead atoms. The Labute approximate surface area is 107 Å². The number of hydrogen-bond donors (Lipinski definition) is 0. The SMILES string of the molecule is CN(CCCCCCCl)CC1CCCCC1. The molecule has 0 saturated heterocycles. The summed E-state index contributed by atoms with van der Waals surface area (Å²) in [6, 6.07) is 0. The van der Waals surface area contributed by atoms with Gasteiger partial charge in [-0.15, -0.1) is 11.6 Å². The van der Waals surface area contributed by atoms with Crippen LogP contribution in [-0.2, 0) is 0 Å². The summed E-state index contributed by atoms with van der Waals surface area (Å²) in [5.41, 5.74) is 0. The molecule has 0 radical (unpaired) electrons. The molecular weight excluding hydrogens is 218 g/mol. The molecule has 2 heteroatoms. The van der Waals surface area contributed by atoms with Crippen molar-refractivity contribution in [1.29, 1.82) is 0 Å². The first-order valence-electron chi connectivity index (χ1n) is 7.07.